The van der Waals surface area contributed by atoms with E-state index in [2.05, 4.69) is 0 Å². The molecule has 4 heteroatoms. The van der Waals surface area contributed by atoms with Crippen LogP contribution in [0.1, 0.15) is 18.9 Å². The van der Waals surface area contributed by atoms with Gasteiger partial charge in [-0.3, -0.25) is 0 Å². The van der Waals surface area contributed by atoms with Crippen molar-refractivity contribution in [2.24, 2.45) is 0 Å². The fraction of sp³-hybridized carbons (Fsp3) is 0.538. The summed E-state index contributed by atoms with van der Waals surface area (Å²) in [6.45, 7) is 1.93. The van der Waals surface area contributed by atoms with Gasteiger partial charge in [-0.25, -0.2) is 0 Å². The molecule has 0 amide bonds. The van der Waals surface area contributed by atoms with Gasteiger partial charge in [0, 0.05) is 18.6 Å². The summed E-state index contributed by atoms with van der Waals surface area (Å²) in [5, 5.41) is 10.6. The van der Waals surface area contributed by atoms with Crippen LogP contribution in [0, 0.1) is 0 Å². The maximum Gasteiger partial charge on any atom is 0.122 e. The first-order valence-electron chi connectivity index (χ1n) is 5.60. The molecule has 0 aliphatic heterocycles. The molecule has 0 saturated carbocycles. The summed E-state index contributed by atoms with van der Waals surface area (Å²) < 4.78 is 10.4. The zero-order chi connectivity index (χ0) is 12.8. The summed E-state index contributed by atoms with van der Waals surface area (Å²) in [6, 6.07) is 5.40. The Morgan fingerprint density at radius 3 is 2.65 bits per heavy atom. The second-order valence-corrected chi connectivity index (χ2v) is 4.53. The van der Waals surface area contributed by atoms with Gasteiger partial charge in [0.25, 0.3) is 0 Å². The van der Waals surface area contributed by atoms with E-state index in [-0.39, 0.29) is 6.10 Å². The van der Waals surface area contributed by atoms with E-state index in [0.29, 0.717) is 17.9 Å². The van der Waals surface area contributed by atoms with Crippen LogP contribution in [-0.4, -0.2) is 31.5 Å². The fourth-order valence-corrected chi connectivity index (χ4v) is 1.92. The zero-order valence-corrected chi connectivity index (χ0v) is 11.2. The van der Waals surface area contributed by atoms with Gasteiger partial charge in [0.2, 0.25) is 0 Å². The molecule has 1 N–H and O–H groups in total. The molecule has 0 bridgehead atoms. The van der Waals surface area contributed by atoms with Gasteiger partial charge < -0.3 is 14.6 Å². The lowest BCUT2D eigenvalue weighted by molar-refractivity contribution is 0.0563. The van der Waals surface area contributed by atoms with Gasteiger partial charge in [-0.2, -0.15) is 0 Å². The molecular weight excluding hydrogens is 240 g/mol. The third-order valence-electron chi connectivity index (χ3n) is 2.70. The lowest BCUT2D eigenvalue weighted by Gasteiger charge is -2.16. The normalized spacial score (nSPS) is 14.4. The highest BCUT2D eigenvalue weighted by Gasteiger charge is 2.13. The van der Waals surface area contributed by atoms with Gasteiger partial charge in [0.05, 0.1) is 19.3 Å². The summed E-state index contributed by atoms with van der Waals surface area (Å²) in [4.78, 5) is 0. The van der Waals surface area contributed by atoms with Crippen molar-refractivity contribution in [3.63, 3.8) is 0 Å². The third kappa shape index (κ3) is 4.54. The first kappa shape index (κ1) is 14.3. The first-order valence-corrected chi connectivity index (χ1v) is 5.98. The van der Waals surface area contributed by atoms with E-state index in [9.17, 15) is 5.11 Å². The molecule has 0 aliphatic carbocycles. The van der Waals surface area contributed by atoms with E-state index >= 15 is 0 Å². The monoisotopic (exact) mass is 258 g/mol. The quantitative estimate of drug-likeness (QED) is 0.853. The summed E-state index contributed by atoms with van der Waals surface area (Å²) >= 11 is 5.93. The van der Waals surface area contributed by atoms with E-state index in [0.717, 1.165) is 11.3 Å². The lowest BCUT2D eigenvalue weighted by Crippen LogP contribution is -2.19. The average Bonchev–Trinajstić information content (AvgIpc) is 2.29. The summed E-state index contributed by atoms with van der Waals surface area (Å²) in [5.41, 5.74) is 0.913. The molecule has 1 aromatic rings. The largest absolute Gasteiger partial charge is 0.496 e. The summed E-state index contributed by atoms with van der Waals surface area (Å²) in [5.74, 6) is 0.749. The Morgan fingerprint density at radius 2 is 2.06 bits per heavy atom. The van der Waals surface area contributed by atoms with Crippen LogP contribution in [0.15, 0.2) is 18.2 Å². The Labute approximate surface area is 107 Å². The number of aliphatic hydroxyl groups excluding tert-OH is 1. The first-order chi connectivity index (χ1) is 8.06. The predicted octanol–water partition coefficient (Wildman–Crippen LogP) is 2.68. The fourth-order valence-electron chi connectivity index (χ4n) is 1.72. The van der Waals surface area contributed by atoms with Gasteiger partial charge >= 0.3 is 0 Å². The van der Waals surface area contributed by atoms with Crippen LogP contribution in [0.4, 0.5) is 0 Å². The Kier molecular flexibility index (Phi) is 5.75. The molecule has 17 heavy (non-hydrogen) atoms. The molecule has 2 atom stereocenters. The van der Waals surface area contributed by atoms with Gasteiger partial charge in [0.1, 0.15) is 5.75 Å². The molecular formula is C13H19ClO3. The second-order valence-electron chi connectivity index (χ2n) is 4.10. The minimum Gasteiger partial charge on any atom is -0.496 e. The van der Waals surface area contributed by atoms with E-state index in [4.69, 9.17) is 21.1 Å². The molecule has 96 valence electrons. The number of methoxy groups -OCH3 is 2. The number of hydrogen-bond donors (Lipinski definition) is 1. The maximum absolute atomic E-state index is 9.94. The van der Waals surface area contributed by atoms with Crippen LogP contribution in [0.3, 0.4) is 0 Å². The van der Waals surface area contributed by atoms with Gasteiger partial charge in [0.15, 0.2) is 0 Å². The van der Waals surface area contributed by atoms with Crippen LogP contribution in [0.25, 0.3) is 0 Å². The van der Waals surface area contributed by atoms with E-state index < -0.39 is 6.10 Å². The predicted molar refractivity (Wildman–Crippen MR) is 68.8 cm³/mol. The highest BCUT2D eigenvalue weighted by molar-refractivity contribution is 6.30. The SMILES string of the molecule is COc1ccc(Cl)cc1CC(O)CC(C)OC. The van der Waals surface area contributed by atoms with Crippen molar-refractivity contribution in [1.82, 2.24) is 0 Å². The molecule has 0 spiro atoms. The molecule has 2 unspecified atom stereocenters. The van der Waals surface area contributed by atoms with Crippen molar-refractivity contribution in [3.05, 3.63) is 28.8 Å². The van der Waals surface area contributed by atoms with E-state index in [1.54, 1.807) is 20.3 Å². The van der Waals surface area contributed by atoms with Crippen molar-refractivity contribution < 1.29 is 14.6 Å². The highest BCUT2D eigenvalue weighted by atomic mass is 35.5. The molecule has 0 aliphatic rings. The van der Waals surface area contributed by atoms with Crippen molar-refractivity contribution in [1.29, 1.82) is 0 Å². The minimum absolute atomic E-state index is 0.0372. The Bertz CT molecular complexity index is 355. The number of ether oxygens (including phenoxy) is 2. The molecule has 0 saturated heterocycles. The van der Waals surface area contributed by atoms with Crippen LogP contribution in [0.5, 0.6) is 5.75 Å². The number of rotatable bonds is 6. The average molecular weight is 259 g/mol. The van der Waals surface area contributed by atoms with Crippen LogP contribution in [0.2, 0.25) is 5.02 Å². The van der Waals surface area contributed by atoms with E-state index in [1.807, 2.05) is 19.1 Å². The van der Waals surface area contributed by atoms with Gasteiger partial charge in [-0.05, 0) is 37.1 Å². The number of hydrogen-bond acceptors (Lipinski definition) is 3. The number of benzene rings is 1. The Balaban J connectivity index is 2.69. The number of halogens is 1. The van der Waals surface area contributed by atoms with Crippen molar-refractivity contribution in [2.45, 2.75) is 32.0 Å². The van der Waals surface area contributed by atoms with E-state index in [1.165, 1.54) is 0 Å². The number of aliphatic hydroxyl groups is 1. The minimum atomic E-state index is -0.461. The zero-order valence-electron chi connectivity index (χ0n) is 10.4. The topological polar surface area (TPSA) is 38.7 Å². The van der Waals surface area contributed by atoms with Crippen LogP contribution < -0.4 is 4.74 Å². The van der Waals surface area contributed by atoms with Crippen molar-refractivity contribution in [2.75, 3.05) is 14.2 Å². The summed E-state index contributed by atoms with van der Waals surface area (Å²) in [7, 11) is 3.24. The summed E-state index contributed by atoms with van der Waals surface area (Å²) in [6.07, 6.45) is 0.677. The molecule has 0 aromatic heterocycles. The molecule has 1 rings (SSSR count). The Hall–Kier alpha value is -0.770. The second kappa shape index (κ2) is 6.84. The lowest BCUT2D eigenvalue weighted by atomic mass is 10.0. The van der Waals surface area contributed by atoms with Crippen molar-refractivity contribution in [3.8, 4) is 5.75 Å². The Morgan fingerprint density at radius 1 is 1.35 bits per heavy atom. The standard InChI is InChI=1S/C13H19ClO3/c1-9(16-2)6-12(15)8-10-7-11(14)4-5-13(10)17-3/h4-5,7,9,12,15H,6,8H2,1-3H3. The molecule has 0 fully saturated rings. The third-order valence-corrected chi connectivity index (χ3v) is 2.94. The highest BCUT2D eigenvalue weighted by Crippen LogP contribution is 2.24. The van der Waals surface area contributed by atoms with Crippen molar-refractivity contribution >= 4 is 11.6 Å². The van der Waals surface area contributed by atoms with Gasteiger partial charge in [-0.15, -0.1) is 0 Å². The molecule has 0 heterocycles. The molecule has 3 nitrogen and oxygen atoms in total. The maximum atomic E-state index is 9.94. The smallest absolute Gasteiger partial charge is 0.122 e. The van der Waals surface area contributed by atoms with Gasteiger partial charge in [-0.1, -0.05) is 11.6 Å². The van der Waals surface area contributed by atoms with Crippen LogP contribution >= 0.6 is 11.6 Å². The molecule has 0 radical (unpaired) electrons. The van der Waals surface area contributed by atoms with Crippen LogP contribution in [-0.2, 0) is 11.2 Å². The molecule has 1 aromatic carbocycles.